The molecule has 0 spiro atoms. The third-order valence-electron chi connectivity index (χ3n) is 3.78. The van der Waals surface area contributed by atoms with Crippen LogP contribution in [0, 0.1) is 0 Å². The van der Waals surface area contributed by atoms with E-state index in [4.69, 9.17) is 19.4 Å². The molecule has 1 aromatic rings. The monoisotopic (exact) mass is 413 g/mol. The standard InChI is InChI=1S/C17H20NO9P/c19-14-6-7-15(20)18(14)27-17(22)11-13-4-2-12(3-5-13)10-16(21)26-8-1-9-28(23,24)25/h2-5H,1,6-11H2,(H2,23,24,25). The van der Waals surface area contributed by atoms with Gasteiger partial charge < -0.3 is 19.4 Å². The number of nitrogens with zero attached hydrogens (tertiary/aromatic N) is 1. The van der Waals surface area contributed by atoms with Crippen molar-refractivity contribution in [3.05, 3.63) is 35.4 Å². The number of amides is 2. The minimum atomic E-state index is -4.10. The number of benzene rings is 1. The maximum absolute atomic E-state index is 11.8. The van der Waals surface area contributed by atoms with Gasteiger partial charge in [0, 0.05) is 12.8 Å². The predicted molar refractivity (Wildman–Crippen MR) is 93.5 cm³/mol. The summed E-state index contributed by atoms with van der Waals surface area (Å²) in [5, 5.41) is 0.485. The summed E-state index contributed by atoms with van der Waals surface area (Å²) in [5.74, 6) is -2.38. The molecule has 1 saturated heterocycles. The van der Waals surface area contributed by atoms with Gasteiger partial charge in [0.1, 0.15) is 0 Å². The fourth-order valence-electron chi connectivity index (χ4n) is 2.41. The second-order valence-corrected chi connectivity index (χ2v) is 7.95. The quantitative estimate of drug-likeness (QED) is 0.255. The smallest absolute Gasteiger partial charge is 0.337 e. The first-order chi connectivity index (χ1) is 13.1. The van der Waals surface area contributed by atoms with Crippen LogP contribution < -0.4 is 0 Å². The van der Waals surface area contributed by atoms with Crippen molar-refractivity contribution in [1.29, 1.82) is 0 Å². The highest BCUT2D eigenvalue weighted by Gasteiger charge is 2.32. The van der Waals surface area contributed by atoms with Crippen LogP contribution >= 0.6 is 7.60 Å². The van der Waals surface area contributed by atoms with Crippen molar-refractivity contribution in [2.45, 2.75) is 32.1 Å². The van der Waals surface area contributed by atoms with Crippen LogP contribution in [0.3, 0.4) is 0 Å². The van der Waals surface area contributed by atoms with Crippen molar-refractivity contribution < 1.29 is 43.1 Å². The minimum Gasteiger partial charge on any atom is -0.465 e. The minimum absolute atomic E-state index is 0.0240. The Kier molecular flexibility index (Phi) is 7.45. The van der Waals surface area contributed by atoms with Gasteiger partial charge in [-0.05, 0) is 17.5 Å². The third kappa shape index (κ3) is 7.22. The largest absolute Gasteiger partial charge is 0.465 e. The topological polar surface area (TPSA) is 148 Å². The molecule has 1 heterocycles. The lowest BCUT2D eigenvalue weighted by Gasteiger charge is -2.12. The van der Waals surface area contributed by atoms with Crippen LogP contribution in [0.15, 0.2) is 24.3 Å². The molecule has 0 saturated carbocycles. The Morgan fingerprint density at radius 3 is 1.96 bits per heavy atom. The number of esters is 1. The summed E-state index contributed by atoms with van der Waals surface area (Å²) in [6.07, 6.45) is -0.410. The van der Waals surface area contributed by atoms with Gasteiger partial charge in [-0.1, -0.05) is 24.3 Å². The van der Waals surface area contributed by atoms with Crippen molar-refractivity contribution in [1.82, 2.24) is 5.06 Å². The van der Waals surface area contributed by atoms with E-state index in [9.17, 15) is 23.7 Å². The first-order valence-corrected chi connectivity index (χ1v) is 10.3. The average Bonchev–Trinajstić information content (AvgIpc) is 2.91. The highest BCUT2D eigenvalue weighted by molar-refractivity contribution is 7.51. The summed E-state index contributed by atoms with van der Waals surface area (Å²) < 4.78 is 15.6. The van der Waals surface area contributed by atoms with Gasteiger partial charge in [-0.15, -0.1) is 5.06 Å². The zero-order valence-electron chi connectivity index (χ0n) is 14.9. The molecule has 1 aliphatic rings. The number of hydrogen-bond acceptors (Lipinski definition) is 7. The molecule has 0 aliphatic carbocycles. The van der Waals surface area contributed by atoms with E-state index in [1.54, 1.807) is 24.3 Å². The normalized spacial score (nSPS) is 14.3. The molecule has 0 aromatic heterocycles. The molecule has 1 aromatic carbocycles. The number of imide groups is 1. The molecular weight excluding hydrogens is 393 g/mol. The Bertz CT molecular complexity index is 783. The number of hydrogen-bond donors (Lipinski definition) is 2. The number of hydroxylamine groups is 2. The van der Waals surface area contributed by atoms with Crippen molar-refractivity contribution in [2.24, 2.45) is 0 Å². The summed E-state index contributed by atoms with van der Waals surface area (Å²) in [6.45, 7) is -0.0815. The van der Waals surface area contributed by atoms with Crippen LogP contribution in [0.25, 0.3) is 0 Å². The highest BCUT2D eigenvalue weighted by atomic mass is 31.2. The highest BCUT2D eigenvalue weighted by Crippen LogP contribution is 2.34. The van der Waals surface area contributed by atoms with Gasteiger partial charge in [-0.3, -0.25) is 18.9 Å². The molecule has 0 radical (unpaired) electrons. The molecule has 0 atom stereocenters. The van der Waals surface area contributed by atoms with E-state index in [0.717, 1.165) is 0 Å². The van der Waals surface area contributed by atoms with Crippen LogP contribution in [0.5, 0.6) is 0 Å². The lowest BCUT2D eigenvalue weighted by atomic mass is 10.1. The van der Waals surface area contributed by atoms with Crippen molar-refractivity contribution in [3.8, 4) is 0 Å². The summed E-state index contributed by atoms with van der Waals surface area (Å²) in [4.78, 5) is 68.6. The van der Waals surface area contributed by atoms with Crippen molar-refractivity contribution in [2.75, 3.05) is 12.8 Å². The Balaban J connectivity index is 1.75. The summed E-state index contributed by atoms with van der Waals surface area (Å²) in [7, 11) is -4.10. The lowest BCUT2D eigenvalue weighted by molar-refractivity contribution is -0.197. The van der Waals surface area contributed by atoms with E-state index in [0.29, 0.717) is 16.2 Å². The van der Waals surface area contributed by atoms with Crippen LogP contribution in [-0.4, -0.2) is 51.4 Å². The number of carbonyl (C=O) groups is 4. The van der Waals surface area contributed by atoms with E-state index in [-0.39, 0.29) is 44.9 Å². The van der Waals surface area contributed by atoms with Crippen molar-refractivity contribution >= 4 is 31.3 Å². The lowest BCUT2D eigenvalue weighted by Crippen LogP contribution is -2.32. The van der Waals surface area contributed by atoms with Gasteiger partial charge in [-0.25, -0.2) is 4.79 Å². The van der Waals surface area contributed by atoms with E-state index in [2.05, 4.69) is 0 Å². The molecular formula is C17H20NO9P. The van der Waals surface area contributed by atoms with Crippen LogP contribution in [-0.2, 0) is 46.2 Å². The summed E-state index contributed by atoms with van der Waals surface area (Å²) >= 11 is 0. The van der Waals surface area contributed by atoms with Gasteiger partial charge in [-0.2, -0.15) is 0 Å². The zero-order chi connectivity index (χ0) is 20.7. The Morgan fingerprint density at radius 2 is 1.46 bits per heavy atom. The Labute approximate surface area is 160 Å². The first-order valence-electron chi connectivity index (χ1n) is 8.48. The summed E-state index contributed by atoms with van der Waals surface area (Å²) in [6, 6.07) is 6.44. The molecule has 28 heavy (non-hydrogen) atoms. The Hall–Kier alpha value is -2.55. The molecule has 2 N–H and O–H groups in total. The van der Waals surface area contributed by atoms with Crippen molar-refractivity contribution in [3.63, 3.8) is 0 Å². The molecule has 2 rings (SSSR count). The van der Waals surface area contributed by atoms with Gasteiger partial charge in [0.15, 0.2) is 0 Å². The van der Waals surface area contributed by atoms with Crippen LogP contribution in [0.2, 0.25) is 0 Å². The zero-order valence-corrected chi connectivity index (χ0v) is 15.8. The van der Waals surface area contributed by atoms with E-state index >= 15 is 0 Å². The summed E-state index contributed by atoms with van der Waals surface area (Å²) in [5.41, 5.74) is 1.20. The van der Waals surface area contributed by atoms with Crippen LogP contribution in [0.1, 0.15) is 30.4 Å². The van der Waals surface area contributed by atoms with Gasteiger partial charge in [0.25, 0.3) is 11.8 Å². The van der Waals surface area contributed by atoms with E-state index in [1.165, 1.54) is 0 Å². The molecule has 11 heteroatoms. The second-order valence-electron chi connectivity index (χ2n) is 6.18. The molecule has 152 valence electrons. The number of ether oxygens (including phenoxy) is 1. The van der Waals surface area contributed by atoms with E-state index < -0.39 is 31.3 Å². The van der Waals surface area contributed by atoms with Gasteiger partial charge >= 0.3 is 19.5 Å². The van der Waals surface area contributed by atoms with Crippen LogP contribution in [0.4, 0.5) is 0 Å². The fraction of sp³-hybridized carbons (Fsp3) is 0.412. The maximum Gasteiger partial charge on any atom is 0.337 e. The van der Waals surface area contributed by atoms with Gasteiger partial charge in [0.2, 0.25) is 0 Å². The maximum atomic E-state index is 11.8. The number of rotatable bonds is 9. The molecule has 2 amide bonds. The fourth-order valence-corrected chi connectivity index (χ4v) is 2.95. The molecule has 1 aliphatic heterocycles. The molecule has 0 unspecified atom stereocenters. The van der Waals surface area contributed by atoms with E-state index in [1.807, 2.05) is 0 Å². The molecule has 0 bridgehead atoms. The second kappa shape index (κ2) is 9.59. The predicted octanol–water partition coefficient (Wildman–Crippen LogP) is 0.490. The third-order valence-corrected chi connectivity index (χ3v) is 4.67. The molecule has 1 fully saturated rings. The van der Waals surface area contributed by atoms with Gasteiger partial charge in [0.05, 0.1) is 25.6 Å². The average molecular weight is 413 g/mol. The number of carbonyl (C=O) groups excluding carboxylic acids is 4. The first kappa shape index (κ1) is 21.7. The Morgan fingerprint density at radius 1 is 0.964 bits per heavy atom. The molecule has 10 nitrogen and oxygen atoms in total. The SMILES string of the molecule is O=C(Cc1ccc(CC(=O)ON2C(=O)CCC2=O)cc1)OCCCP(=O)(O)O.